The maximum Gasteiger partial charge on any atom is 0.418 e. The Kier molecular flexibility index (Phi) is 5.46. The molecule has 20 heavy (non-hydrogen) atoms. The molecule has 2 atom stereocenters. The number of hydrogen-bond donors (Lipinski definition) is 2. The number of hydrogen-bond acceptors (Lipinski definition) is 5. The van der Waals surface area contributed by atoms with E-state index in [9.17, 15) is 28.2 Å². The third-order valence-corrected chi connectivity index (χ3v) is 2.47. The van der Waals surface area contributed by atoms with Crippen LogP contribution in [0.15, 0.2) is 18.3 Å². The molecule has 0 fully saturated rings. The molecule has 1 heterocycles. The van der Waals surface area contributed by atoms with E-state index in [1.54, 1.807) is 6.92 Å². The van der Waals surface area contributed by atoms with Crippen LogP contribution in [-0.4, -0.2) is 33.9 Å². The summed E-state index contributed by atoms with van der Waals surface area (Å²) in [6.07, 6.45) is -7.94. The minimum absolute atomic E-state index is 0.0685. The SMILES string of the molecule is CCOC(=O)CC(O)C(O)c1ncccc1C(F)(F)F. The van der Waals surface area contributed by atoms with E-state index in [0.29, 0.717) is 0 Å². The normalized spacial score (nSPS) is 14.7. The third-order valence-electron chi connectivity index (χ3n) is 2.47. The summed E-state index contributed by atoms with van der Waals surface area (Å²) in [6, 6.07) is 1.80. The molecule has 2 unspecified atom stereocenters. The van der Waals surface area contributed by atoms with Crippen molar-refractivity contribution in [1.29, 1.82) is 0 Å². The zero-order valence-corrected chi connectivity index (χ0v) is 10.6. The van der Waals surface area contributed by atoms with E-state index in [1.807, 2.05) is 0 Å². The Morgan fingerprint density at radius 3 is 2.65 bits per heavy atom. The van der Waals surface area contributed by atoms with Gasteiger partial charge >= 0.3 is 12.1 Å². The topological polar surface area (TPSA) is 79.7 Å². The minimum atomic E-state index is -4.71. The van der Waals surface area contributed by atoms with Gasteiger partial charge in [-0.25, -0.2) is 0 Å². The van der Waals surface area contributed by atoms with Gasteiger partial charge in [0.15, 0.2) is 0 Å². The number of aromatic nitrogens is 1. The molecule has 0 aliphatic heterocycles. The zero-order chi connectivity index (χ0) is 15.3. The van der Waals surface area contributed by atoms with Gasteiger partial charge < -0.3 is 14.9 Å². The highest BCUT2D eigenvalue weighted by molar-refractivity contribution is 5.70. The number of rotatable bonds is 5. The van der Waals surface area contributed by atoms with Gasteiger partial charge in [-0.15, -0.1) is 0 Å². The monoisotopic (exact) mass is 293 g/mol. The standard InChI is InChI=1S/C12H14F3NO4/c1-2-20-9(18)6-8(17)11(19)10-7(12(13,14)15)4-3-5-16-10/h3-5,8,11,17,19H,2,6H2,1H3. The number of esters is 1. The second kappa shape index (κ2) is 6.67. The predicted octanol–water partition coefficient (Wildman–Crippen LogP) is 1.45. The maximum atomic E-state index is 12.7. The average molecular weight is 293 g/mol. The number of ether oxygens (including phenoxy) is 1. The smallest absolute Gasteiger partial charge is 0.418 e. The number of aliphatic hydroxyl groups is 2. The van der Waals surface area contributed by atoms with Gasteiger partial charge in [-0.1, -0.05) is 0 Å². The van der Waals surface area contributed by atoms with Crippen LogP contribution in [0, 0.1) is 0 Å². The lowest BCUT2D eigenvalue weighted by Crippen LogP contribution is -2.26. The van der Waals surface area contributed by atoms with Crippen molar-refractivity contribution in [3.63, 3.8) is 0 Å². The highest BCUT2D eigenvalue weighted by atomic mass is 19.4. The average Bonchev–Trinajstić information content (AvgIpc) is 2.37. The van der Waals surface area contributed by atoms with Crippen molar-refractivity contribution in [2.45, 2.75) is 31.7 Å². The summed E-state index contributed by atoms with van der Waals surface area (Å²) in [5, 5.41) is 19.3. The summed E-state index contributed by atoms with van der Waals surface area (Å²) in [5.74, 6) is -0.816. The molecule has 0 saturated carbocycles. The Balaban J connectivity index is 2.92. The van der Waals surface area contributed by atoms with Crippen LogP contribution in [-0.2, 0) is 15.7 Å². The van der Waals surface area contributed by atoms with Crippen LogP contribution in [0.5, 0.6) is 0 Å². The van der Waals surface area contributed by atoms with Crippen LogP contribution in [0.1, 0.15) is 30.7 Å². The van der Waals surface area contributed by atoms with Crippen LogP contribution >= 0.6 is 0 Å². The van der Waals surface area contributed by atoms with E-state index in [1.165, 1.54) is 0 Å². The summed E-state index contributed by atoms with van der Waals surface area (Å²) < 4.78 is 42.7. The van der Waals surface area contributed by atoms with E-state index < -0.39 is 42.0 Å². The van der Waals surface area contributed by atoms with Gasteiger partial charge in [-0.05, 0) is 19.1 Å². The number of halogens is 3. The second-order valence-corrected chi connectivity index (χ2v) is 3.96. The zero-order valence-electron chi connectivity index (χ0n) is 10.6. The van der Waals surface area contributed by atoms with Gasteiger partial charge in [-0.2, -0.15) is 13.2 Å². The minimum Gasteiger partial charge on any atom is -0.466 e. The Bertz CT molecular complexity index is 464. The predicted molar refractivity (Wildman–Crippen MR) is 61.5 cm³/mol. The maximum absolute atomic E-state index is 12.7. The summed E-state index contributed by atoms with van der Waals surface area (Å²) >= 11 is 0. The lowest BCUT2D eigenvalue weighted by atomic mass is 10.0. The molecule has 0 aliphatic carbocycles. The fourth-order valence-electron chi connectivity index (χ4n) is 1.58. The molecule has 8 heteroatoms. The number of alkyl halides is 3. The van der Waals surface area contributed by atoms with Crippen molar-refractivity contribution in [3.05, 3.63) is 29.6 Å². The van der Waals surface area contributed by atoms with Crippen LogP contribution in [0.2, 0.25) is 0 Å². The van der Waals surface area contributed by atoms with Crippen LogP contribution in [0.4, 0.5) is 13.2 Å². The number of carbonyl (C=O) groups excluding carboxylic acids is 1. The van der Waals surface area contributed by atoms with Crippen LogP contribution in [0.3, 0.4) is 0 Å². The largest absolute Gasteiger partial charge is 0.466 e. The molecule has 1 aromatic heterocycles. The van der Waals surface area contributed by atoms with E-state index in [4.69, 9.17) is 0 Å². The molecule has 0 saturated heterocycles. The van der Waals surface area contributed by atoms with Gasteiger partial charge in [0, 0.05) is 6.20 Å². The van der Waals surface area contributed by atoms with Gasteiger partial charge in [0.25, 0.3) is 0 Å². The number of pyridine rings is 1. The Hall–Kier alpha value is -1.67. The number of carbonyl (C=O) groups is 1. The Labute approximate surface area is 113 Å². The Morgan fingerprint density at radius 1 is 1.45 bits per heavy atom. The molecular weight excluding hydrogens is 279 g/mol. The summed E-state index contributed by atoms with van der Waals surface area (Å²) in [7, 11) is 0. The Morgan fingerprint density at radius 2 is 2.10 bits per heavy atom. The van der Waals surface area contributed by atoms with Gasteiger partial charge in [0.2, 0.25) is 0 Å². The molecule has 1 aromatic rings. The van der Waals surface area contributed by atoms with Crippen LogP contribution in [0.25, 0.3) is 0 Å². The van der Waals surface area contributed by atoms with Crippen molar-refractivity contribution in [2.75, 3.05) is 6.61 Å². The molecule has 0 amide bonds. The van der Waals surface area contributed by atoms with Gasteiger partial charge in [-0.3, -0.25) is 9.78 Å². The van der Waals surface area contributed by atoms with Gasteiger partial charge in [0.1, 0.15) is 6.10 Å². The summed E-state index contributed by atoms with van der Waals surface area (Å²) in [4.78, 5) is 14.6. The first-order chi connectivity index (χ1) is 9.27. The highest BCUT2D eigenvalue weighted by Crippen LogP contribution is 2.34. The molecule has 5 nitrogen and oxygen atoms in total. The third kappa shape index (κ3) is 4.17. The molecule has 2 N–H and O–H groups in total. The quantitative estimate of drug-likeness (QED) is 0.803. The molecule has 0 aromatic carbocycles. The number of aliphatic hydroxyl groups excluding tert-OH is 2. The molecule has 0 aliphatic rings. The van der Waals surface area contributed by atoms with E-state index in [-0.39, 0.29) is 6.61 Å². The van der Waals surface area contributed by atoms with E-state index >= 15 is 0 Å². The van der Waals surface area contributed by atoms with Crippen molar-refractivity contribution in [3.8, 4) is 0 Å². The lowest BCUT2D eigenvalue weighted by molar-refractivity contribution is -0.147. The summed E-state index contributed by atoms with van der Waals surface area (Å²) in [6.45, 7) is 1.61. The fourth-order valence-corrected chi connectivity index (χ4v) is 1.58. The van der Waals surface area contributed by atoms with Gasteiger partial charge in [0.05, 0.1) is 30.4 Å². The summed E-state index contributed by atoms with van der Waals surface area (Å²) in [5.41, 5.74) is -1.88. The first-order valence-electron chi connectivity index (χ1n) is 5.81. The van der Waals surface area contributed by atoms with E-state index in [0.717, 1.165) is 18.3 Å². The fraction of sp³-hybridized carbons (Fsp3) is 0.500. The molecular formula is C12H14F3NO4. The van der Waals surface area contributed by atoms with Crippen molar-refractivity contribution >= 4 is 5.97 Å². The first-order valence-corrected chi connectivity index (χ1v) is 5.81. The van der Waals surface area contributed by atoms with Crippen molar-refractivity contribution in [1.82, 2.24) is 4.98 Å². The second-order valence-electron chi connectivity index (χ2n) is 3.96. The molecule has 0 spiro atoms. The molecule has 1 rings (SSSR count). The van der Waals surface area contributed by atoms with E-state index in [2.05, 4.69) is 9.72 Å². The molecule has 0 radical (unpaired) electrons. The first kappa shape index (κ1) is 16.4. The molecule has 112 valence electrons. The van der Waals surface area contributed by atoms with Crippen LogP contribution < -0.4 is 0 Å². The van der Waals surface area contributed by atoms with Crippen molar-refractivity contribution < 1.29 is 32.9 Å². The highest BCUT2D eigenvalue weighted by Gasteiger charge is 2.37. The van der Waals surface area contributed by atoms with Crippen molar-refractivity contribution in [2.24, 2.45) is 0 Å². The number of nitrogens with zero attached hydrogens (tertiary/aromatic N) is 1. The molecule has 0 bridgehead atoms. The lowest BCUT2D eigenvalue weighted by Gasteiger charge is -2.20.